The highest BCUT2D eigenvalue weighted by Crippen LogP contribution is 2.37. The van der Waals surface area contributed by atoms with Crippen molar-refractivity contribution in [3.63, 3.8) is 0 Å². The van der Waals surface area contributed by atoms with Crippen molar-refractivity contribution in [2.24, 2.45) is 0 Å². The molecule has 1 aromatic heterocycles. The second-order valence-corrected chi connectivity index (χ2v) is 4.54. The van der Waals surface area contributed by atoms with Crippen molar-refractivity contribution in [3.8, 4) is 11.3 Å². The highest BCUT2D eigenvalue weighted by atomic mass is 35.5. The van der Waals surface area contributed by atoms with E-state index in [1.54, 1.807) is 4.68 Å². The predicted molar refractivity (Wildman–Crippen MR) is 76.9 cm³/mol. The third-order valence-corrected chi connectivity index (χ3v) is 3.38. The molecule has 0 saturated carbocycles. The summed E-state index contributed by atoms with van der Waals surface area (Å²) < 4.78 is 1.59. The summed E-state index contributed by atoms with van der Waals surface area (Å²) in [5.74, 6) is 6.12. The summed E-state index contributed by atoms with van der Waals surface area (Å²) in [7, 11) is 0. The van der Waals surface area contributed by atoms with Crippen LogP contribution in [0.4, 0.5) is 5.69 Å². The van der Waals surface area contributed by atoms with Crippen molar-refractivity contribution in [3.05, 3.63) is 53.6 Å². The summed E-state index contributed by atoms with van der Waals surface area (Å²) in [4.78, 5) is 0. The van der Waals surface area contributed by atoms with Crippen LogP contribution in [0, 0.1) is 0 Å². The Morgan fingerprint density at radius 3 is 2.33 bits per heavy atom. The number of nitrogens with two attached hydrogens (primary N) is 2. The van der Waals surface area contributed by atoms with E-state index in [2.05, 4.69) is 0 Å². The normalized spacial score (nSPS) is 10.9. The average molecular weight is 258 g/mol. The third kappa shape index (κ3) is 1.45. The number of nitrogens with zero attached hydrogens (tertiary/aromatic N) is 1. The molecule has 0 spiro atoms. The van der Waals surface area contributed by atoms with Gasteiger partial charge >= 0.3 is 0 Å². The summed E-state index contributed by atoms with van der Waals surface area (Å²) in [5.41, 5.74) is 9.40. The van der Waals surface area contributed by atoms with Gasteiger partial charge < -0.3 is 11.6 Å². The van der Waals surface area contributed by atoms with Gasteiger partial charge in [0.2, 0.25) is 0 Å². The van der Waals surface area contributed by atoms with Gasteiger partial charge in [-0.05, 0) is 12.1 Å². The number of hydrogen-bond acceptors (Lipinski definition) is 2. The summed E-state index contributed by atoms with van der Waals surface area (Å²) in [6.07, 6.45) is 0. The van der Waals surface area contributed by atoms with Gasteiger partial charge in [-0.3, -0.25) is 4.68 Å². The van der Waals surface area contributed by atoms with Crippen LogP contribution in [-0.2, 0) is 0 Å². The average Bonchev–Trinajstić information content (AvgIpc) is 2.64. The molecule has 3 nitrogen and oxygen atoms in total. The molecule has 4 heteroatoms. The van der Waals surface area contributed by atoms with Gasteiger partial charge in [-0.1, -0.05) is 48.0 Å². The molecule has 4 N–H and O–H groups in total. The first kappa shape index (κ1) is 11.0. The molecular formula is C14H12ClN3. The van der Waals surface area contributed by atoms with Crippen molar-refractivity contribution < 1.29 is 0 Å². The van der Waals surface area contributed by atoms with Gasteiger partial charge in [0, 0.05) is 10.9 Å². The van der Waals surface area contributed by atoms with Crippen LogP contribution in [0.3, 0.4) is 0 Å². The molecular weight excluding hydrogens is 246 g/mol. The first-order chi connectivity index (χ1) is 8.70. The van der Waals surface area contributed by atoms with E-state index in [0.717, 1.165) is 22.2 Å². The number of aromatic nitrogens is 1. The Bertz CT molecular complexity index is 717. The SMILES string of the molecule is Nc1c(-c2ccccc2)n(N)c2cccc(Cl)c12. The minimum Gasteiger partial charge on any atom is -0.396 e. The van der Waals surface area contributed by atoms with E-state index in [9.17, 15) is 0 Å². The zero-order chi connectivity index (χ0) is 12.7. The second kappa shape index (κ2) is 3.96. The molecule has 90 valence electrons. The fourth-order valence-corrected chi connectivity index (χ4v) is 2.51. The van der Waals surface area contributed by atoms with Gasteiger partial charge in [-0.25, -0.2) is 0 Å². The smallest absolute Gasteiger partial charge is 0.0933 e. The Kier molecular flexibility index (Phi) is 2.42. The van der Waals surface area contributed by atoms with Gasteiger partial charge in [0.15, 0.2) is 0 Å². The molecule has 0 amide bonds. The molecule has 18 heavy (non-hydrogen) atoms. The Labute approximate surface area is 110 Å². The highest BCUT2D eigenvalue weighted by Gasteiger charge is 2.16. The molecule has 0 fully saturated rings. The maximum atomic E-state index is 6.19. The van der Waals surface area contributed by atoms with E-state index in [1.165, 1.54) is 0 Å². The summed E-state index contributed by atoms with van der Waals surface area (Å²) >= 11 is 6.19. The van der Waals surface area contributed by atoms with E-state index in [4.69, 9.17) is 23.2 Å². The minimum absolute atomic E-state index is 0.615. The number of rotatable bonds is 1. The Hall–Kier alpha value is -2.13. The number of benzene rings is 2. The number of halogens is 1. The summed E-state index contributed by atoms with van der Waals surface area (Å²) in [5, 5.41) is 1.42. The van der Waals surface area contributed by atoms with Gasteiger partial charge in [0.1, 0.15) is 0 Å². The molecule has 3 rings (SSSR count). The number of fused-ring (bicyclic) bond motifs is 1. The van der Waals surface area contributed by atoms with Crippen molar-refractivity contribution >= 4 is 28.2 Å². The third-order valence-electron chi connectivity index (χ3n) is 3.06. The fourth-order valence-electron chi connectivity index (χ4n) is 2.24. The molecule has 0 bridgehead atoms. The molecule has 1 heterocycles. The van der Waals surface area contributed by atoms with Crippen LogP contribution < -0.4 is 11.6 Å². The van der Waals surface area contributed by atoms with Crippen molar-refractivity contribution in [2.45, 2.75) is 0 Å². The molecule has 0 atom stereocenters. The van der Waals surface area contributed by atoms with Gasteiger partial charge in [0.05, 0.1) is 21.9 Å². The second-order valence-electron chi connectivity index (χ2n) is 4.13. The van der Waals surface area contributed by atoms with Crippen LogP contribution in [0.2, 0.25) is 5.02 Å². The molecule has 0 aliphatic carbocycles. The Morgan fingerprint density at radius 2 is 1.67 bits per heavy atom. The van der Waals surface area contributed by atoms with E-state index in [1.807, 2.05) is 48.5 Å². The topological polar surface area (TPSA) is 57.0 Å². The number of nitrogen functional groups attached to an aromatic ring is 2. The monoisotopic (exact) mass is 257 g/mol. The minimum atomic E-state index is 0.615. The van der Waals surface area contributed by atoms with E-state index in [-0.39, 0.29) is 0 Å². The van der Waals surface area contributed by atoms with Gasteiger partial charge in [-0.15, -0.1) is 0 Å². The summed E-state index contributed by atoms with van der Waals surface area (Å²) in [6, 6.07) is 15.4. The van der Waals surface area contributed by atoms with Crippen LogP contribution >= 0.6 is 11.6 Å². The van der Waals surface area contributed by atoms with E-state index >= 15 is 0 Å². The van der Waals surface area contributed by atoms with Crippen molar-refractivity contribution in [2.75, 3.05) is 11.6 Å². The predicted octanol–water partition coefficient (Wildman–Crippen LogP) is 3.26. The Morgan fingerprint density at radius 1 is 0.944 bits per heavy atom. The fraction of sp³-hybridized carbons (Fsp3) is 0. The highest BCUT2D eigenvalue weighted by molar-refractivity contribution is 6.37. The lowest BCUT2D eigenvalue weighted by molar-refractivity contribution is 1.08. The molecule has 0 saturated heterocycles. The zero-order valence-corrected chi connectivity index (χ0v) is 10.4. The van der Waals surface area contributed by atoms with Gasteiger partial charge in [0.25, 0.3) is 0 Å². The standard InChI is InChI=1S/C14H12ClN3/c15-10-7-4-8-11-12(10)13(16)14(18(11)17)9-5-2-1-3-6-9/h1-8H,16-17H2. The largest absolute Gasteiger partial charge is 0.396 e. The molecule has 2 aromatic carbocycles. The maximum Gasteiger partial charge on any atom is 0.0933 e. The van der Waals surface area contributed by atoms with E-state index < -0.39 is 0 Å². The zero-order valence-electron chi connectivity index (χ0n) is 9.60. The lowest BCUT2D eigenvalue weighted by Gasteiger charge is -2.04. The van der Waals surface area contributed by atoms with Crippen LogP contribution in [0.1, 0.15) is 0 Å². The van der Waals surface area contributed by atoms with Crippen LogP contribution in [0.25, 0.3) is 22.2 Å². The molecule has 0 unspecified atom stereocenters. The first-order valence-corrected chi connectivity index (χ1v) is 5.97. The van der Waals surface area contributed by atoms with Crippen molar-refractivity contribution in [1.29, 1.82) is 0 Å². The Balaban J connectivity index is 2.42. The molecule has 3 aromatic rings. The van der Waals surface area contributed by atoms with E-state index in [0.29, 0.717) is 10.7 Å². The number of hydrogen-bond donors (Lipinski definition) is 2. The lowest BCUT2D eigenvalue weighted by atomic mass is 10.1. The van der Waals surface area contributed by atoms with Crippen LogP contribution in [-0.4, -0.2) is 4.68 Å². The molecule has 0 aliphatic rings. The first-order valence-electron chi connectivity index (χ1n) is 5.59. The lowest BCUT2D eigenvalue weighted by Crippen LogP contribution is -2.09. The maximum absolute atomic E-state index is 6.19. The quantitative estimate of drug-likeness (QED) is 0.658. The van der Waals surface area contributed by atoms with Gasteiger partial charge in [-0.2, -0.15) is 0 Å². The molecule has 0 radical (unpaired) electrons. The number of anilines is 1. The summed E-state index contributed by atoms with van der Waals surface area (Å²) in [6.45, 7) is 0. The molecule has 0 aliphatic heterocycles. The van der Waals surface area contributed by atoms with Crippen LogP contribution in [0.15, 0.2) is 48.5 Å². The van der Waals surface area contributed by atoms with Crippen molar-refractivity contribution in [1.82, 2.24) is 4.68 Å². The van der Waals surface area contributed by atoms with Crippen LogP contribution in [0.5, 0.6) is 0 Å².